The summed E-state index contributed by atoms with van der Waals surface area (Å²) in [6, 6.07) is 9.14. The zero-order valence-corrected chi connectivity index (χ0v) is 18.8. The average molecular weight is 439 g/mol. The monoisotopic (exact) mass is 438 g/mol. The summed E-state index contributed by atoms with van der Waals surface area (Å²) in [5.74, 6) is 1.91. The number of nitrogens with zero attached hydrogens (tertiary/aromatic N) is 3. The molecule has 32 heavy (non-hydrogen) atoms. The number of amides is 2. The zero-order valence-electron chi connectivity index (χ0n) is 18.8. The summed E-state index contributed by atoms with van der Waals surface area (Å²) in [4.78, 5) is 24.7. The summed E-state index contributed by atoms with van der Waals surface area (Å²) >= 11 is 0. The second-order valence-corrected chi connectivity index (χ2v) is 7.86. The van der Waals surface area contributed by atoms with Crippen LogP contribution in [0.2, 0.25) is 0 Å². The predicted octanol–water partition coefficient (Wildman–Crippen LogP) is 2.62. The standard InChI is InChI=1S/C23H30N6O3/c1-28-11-13-29(14-12-28)10-9-24-23(30)27-20-8-7-16-17(15-25-22(16)26-20)21-18(31-2)5-4-6-19(21)32-3/h4-8,15H,9-14H2,1-3H3,(H3,24,25,26,27,30). The topological polar surface area (TPSA) is 94.8 Å². The third-order valence-corrected chi connectivity index (χ3v) is 5.79. The molecule has 2 aromatic heterocycles. The van der Waals surface area contributed by atoms with Gasteiger partial charge in [0.2, 0.25) is 0 Å². The number of piperazine rings is 1. The van der Waals surface area contributed by atoms with Gasteiger partial charge >= 0.3 is 6.03 Å². The van der Waals surface area contributed by atoms with Gasteiger partial charge in [0.15, 0.2) is 0 Å². The fraction of sp³-hybridized carbons (Fsp3) is 0.391. The number of urea groups is 1. The van der Waals surface area contributed by atoms with Crippen molar-refractivity contribution in [2.24, 2.45) is 0 Å². The van der Waals surface area contributed by atoms with Crippen LogP contribution in [0.15, 0.2) is 36.5 Å². The van der Waals surface area contributed by atoms with E-state index >= 15 is 0 Å². The van der Waals surface area contributed by atoms with Gasteiger partial charge in [-0.25, -0.2) is 9.78 Å². The van der Waals surface area contributed by atoms with E-state index < -0.39 is 0 Å². The Balaban J connectivity index is 1.42. The summed E-state index contributed by atoms with van der Waals surface area (Å²) < 4.78 is 11.1. The molecule has 2 amide bonds. The lowest BCUT2D eigenvalue weighted by Gasteiger charge is -2.32. The number of methoxy groups -OCH3 is 2. The Morgan fingerprint density at radius 2 is 1.81 bits per heavy atom. The molecule has 3 heterocycles. The molecule has 9 nitrogen and oxygen atoms in total. The molecule has 0 spiro atoms. The zero-order chi connectivity index (χ0) is 22.5. The number of H-pyrrole nitrogens is 1. The van der Waals surface area contributed by atoms with E-state index in [4.69, 9.17) is 9.47 Å². The van der Waals surface area contributed by atoms with Crippen molar-refractivity contribution in [3.05, 3.63) is 36.5 Å². The number of carbonyl (C=O) groups excluding carboxylic acids is 1. The number of hydrogen-bond donors (Lipinski definition) is 3. The van der Waals surface area contributed by atoms with Gasteiger partial charge in [-0.1, -0.05) is 6.07 Å². The molecule has 0 unspecified atom stereocenters. The molecule has 4 rings (SSSR count). The van der Waals surface area contributed by atoms with Gasteiger partial charge in [-0.15, -0.1) is 0 Å². The number of likely N-dealkylation sites (N-methyl/N-ethyl adjacent to an activating group) is 1. The Kier molecular flexibility index (Phi) is 6.77. The van der Waals surface area contributed by atoms with Crippen molar-refractivity contribution in [3.8, 4) is 22.6 Å². The lowest BCUT2D eigenvalue weighted by Crippen LogP contribution is -2.47. The van der Waals surface area contributed by atoms with E-state index in [2.05, 4.69) is 37.4 Å². The maximum Gasteiger partial charge on any atom is 0.320 e. The number of pyridine rings is 1. The highest BCUT2D eigenvalue weighted by molar-refractivity contribution is 5.98. The van der Waals surface area contributed by atoms with Crippen LogP contribution in [-0.2, 0) is 0 Å². The second kappa shape index (κ2) is 9.88. The van der Waals surface area contributed by atoms with Crippen molar-refractivity contribution < 1.29 is 14.3 Å². The minimum Gasteiger partial charge on any atom is -0.496 e. The maximum absolute atomic E-state index is 12.3. The van der Waals surface area contributed by atoms with E-state index in [1.54, 1.807) is 20.3 Å². The van der Waals surface area contributed by atoms with E-state index in [1.807, 2.05) is 30.5 Å². The van der Waals surface area contributed by atoms with Crippen LogP contribution in [0, 0.1) is 0 Å². The third kappa shape index (κ3) is 4.79. The Morgan fingerprint density at radius 1 is 1.09 bits per heavy atom. The molecule has 3 aromatic rings. The molecule has 9 heteroatoms. The summed E-state index contributed by atoms with van der Waals surface area (Å²) in [5.41, 5.74) is 2.45. The number of rotatable bonds is 7. The fourth-order valence-electron chi connectivity index (χ4n) is 3.96. The smallest absolute Gasteiger partial charge is 0.320 e. The van der Waals surface area contributed by atoms with Gasteiger partial charge in [-0.3, -0.25) is 10.2 Å². The van der Waals surface area contributed by atoms with Crippen LogP contribution in [0.4, 0.5) is 10.6 Å². The van der Waals surface area contributed by atoms with E-state index in [0.717, 1.165) is 49.2 Å². The maximum atomic E-state index is 12.3. The Hall–Kier alpha value is -3.30. The first-order valence-electron chi connectivity index (χ1n) is 10.7. The summed E-state index contributed by atoms with van der Waals surface area (Å²) in [6.45, 7) is 5.63. The molecule has 0 atom stereocenters. The molecule has 1 aliphatic heterocycles. The van der Waals surface area contributed by atoms with E-state index in [1.165, 1.54) is 0 Å². The van der Waals surface area contributed by atoms with Crippen molar-refractivity contribution in [2.45, 2.75) is 0 Å². The number of fused-ring (bicyclic) bond motifs is 1. The molecule has 0 radical (unpaired) electrons. The predicted molar refractivity (Wildman–Crippen MR) is 126 cm³/mol. The molecule has 0 bridgehead atoms. The van der Waals surface area contributed by atoms with Crippen molar-refractivity contribution in [1.29, 1.82) is 0 Å². The quantitative estimate of drug-likeness (QED) is 0.525. The van der Waals surface area contributed by atoms with Crippen molar-refractivity contribution in [3.63, 3.8) is 0 Å². The summed E-state index contributed by atoms with van der Waals surface area (Å²) in [7, 11) is 5.40. The number of aromatic amines is 1. The van der Waals surface area contributed by atoms with Gasteiger partial charge in [-0.05, 0) is 31.3 Å². The molecular weight excluding hydrogens is 408 g/mol. The number of aromatic nitrogens is 2. The van der Waals surface area contributed by atoms with Crippen LogP contribution in [0.5, 0.6) is 11.5 Å². The van der Waals surface area contributed by atoms with Crippen LogP contribution in [0.3, 0.4) is 0 Å². The minimum absolute atomic E-state index is 0.260. The molecule has 0 aliphatic carbocycles. The third-order valence-electron chi connectivity index (χ3n) is 5.79. The Labute approximate surface area is 187 Å². The number of anilines is 1. The van der Waals surface area contributed by atoms with Crippen LogP contribution in [0.1, 0.15) is 0 Å². The van der Waals surface area contributed by atoms with Gasteiger partial charge in [0.05, 0.1) is 19.8 Å². The highest BCUT2D eigenvalue weighted by Gasteiger charge is 2.17. The second-order valence-electron chi connectivity index (χ2n) is 7.86. The van der Waals surface area contributed by atoms with Gasteiger partial charge in [0, 0.05) is 56.4 Å². The highest BCUT2D eigenvalue weighted by Crippen LogP contribution is 2.41. The van der Waals surface area contributed by atoms with E-state index in [-0.39, 0.29) is 6.03 Å². The van der Waals surface area contributed by atoms with Gasteiger partial charge in [-0.2, -0.15) is 0 Å². The van der Waals surface area contributed by atoms with Crippen LogP contribution in [-0.4, -0.2) is 86.3 Å². The molecule has 1 aliphatic rings. The molecule has 1 saturated heterocycles. The lowest BCUT2D eigenvalue weighted by atomic mass is 10.0. The first-order valence-corrected chi connectivity index (χ1v) is 10.7. The van der Waals surface area contributed by atoms with E-state index in [0.29, 0.717) is 29.5 Å². The SMILES string of the molecule is COc1cccc(OC)c1-c1c[nH]c2nc(NC(=O)NCCN3CCN(C)CC3)ccc12. The van der Waals surface area contributed by atoms with Gasteiger partial charge in [0.1, 0.15) is 23.0 Å². The molecule has 1 fully saturated rings. The fourth-order valence-corrected chi connectivity index (χ4v) is 3.96. The van der Waals surface area contributed by atoms with Crippen LogP contribution >= 0.6 is 0 Å². The first kappa shape index (κ1) is 21.9. The number of hydrogen-bond acceptors (Lipinski definition) is 6. The van der Waals surface area contributed by atoms with E-state index in [9.17, 15) is 4.79 Å². The average Bonchev–Trinajstić information content (AvgIpc) is 3.22. The molecule has 170 valence electrons. The first-order chi connectivity index (χ1) is 15.6. The number of ether oxygens (including phenoxy) is 2. The molecule has 0 saturated carbocycles. The number of carbonyl (C=O) groups is 1. The lowest BCUT2D eigenvalue weighted by molar-refractivity contribution is 0.155. The van der Waals surface area contributed by atoms with Crippen LogP contribution in [0.25, 0.3) is 22.2 Å². The van der Waals surface area contributed by atoms with Gasteiger partial charge < -0.3 is 24.7 Å². The number of benzene rings is 1. The Morgan fingerprint density at radius 3 is 2.50 bits per heavy atom. The van der Waals surface area contributed by atoms with Crippen molar-refractivity contribution in [2.75, 3.05) is 65.9 Å². The molecule has 1 aromatic carbocycles. The summed E-state index contributed by atoms with van der Waals surface area (Å²) in [6.07, 6.45) is 1.87. The largest absolute Gasteiger partial charge is 0.496 e. The van der Waals surface area contributed by atoms with Crippen molar-refractivity contribution in [1.82, 2.24) is 25.1 Å². The van der Waals surface area contributed by atoms with Crippen molar-refractivity contribution >= 4 is 22.9 Å². The number of nitrogens with one attached hydrogen (secondary N) is 3. The molecular formula is C23H30N6O3. The van der Waals surface area contributed by atoms with Gasteiger partial charge in [0.25, 0.3) is 0 Å². The normalized spacial score (nSPS) is 15.0. The Bertz CT molecular complexity index is 1050. The highest BCUT2D eigenvalue weighted by atomic mass is 16.5. The summed E-state index contributed by atoms with van der Waals surface area (Å²) in [5, 5.41) is 6.64. The molecule has 3 N–H and O–H groups in total. The van der Waals surface area contributed by atoms with Crippen LogP contribution < -0.4 is 20.1 Å². The minimum atomic E-state index is -0.260.